The highest BCUT2D eigenvalue weighted by molar-refractivity contribution is 5.82. The number of nitrogens with zero attached hydrogens (tertiary/aromatic N) is 2. The summed E-state index contributed by atoms with van der Waals surface area (Å²) in [7, 11) is 0. The first kappa shape index (κ1) is 27.6. The Hall–Kier alpha value is -3.45. The minimum atomic E-state index is -0.351. The van der Waals surface area contributed by atoms with Crippen molar-refractivity contribution in [3.63, 3.8) is 0 Å². The minimum Gasteiger partial charge on any atom is -0.494 e. The first-order chi connectivity index (χ1) is 18.4. The predicted molar refractivity (Wildman–Crippen MR) is 148 cm³/mol. The number of carbonyl (C=O) groups excluding carboxylic acids is 1. The number of benzene rings is 2. The third-order valence-corrected chi connectivity index (χ3v) is 6.30. The molecule has 0 radical (unpaired) electrons. The van der Waals surface area contributed by atoms with Gasteiger partial charge in [0.1, 0.15) is 28.9 Å². The molecule has 0 saturated carbocycles. The third-order valence-electron chi connectivity index (χ3n) is 6.30. The van der Waals surface area contributed by atoms with Crippen molar-refractivity contribution >= 4 is 11.6 Å². The van der Waals surface area contributed by atoms with Gasteiger partial charge in [0.15, 0.2) is 0 Å². The fraction of sp³-hybridized carbons (Fsp3) is 0.419. The number of pyridine rings is 1. The molecule has 0 atom stereocenters. The number of hydrogen-bond acceptors (Lipinski definition) is 6. The molecule has 2 aromatic carbocycles. The Kier molecular flexibility index (Phi) is 9.71. The van der Waals surface area contributed by atoms with Gasteiger partial charge in [0.05, 0.1) is 32.1 Å². The van der Waals surface area contributed by atoms with E-state index in [1.807, 2.05) is 63.2 Å². The quantitative estimate of drug-likeness (QED) is 0.296. The fourth-order valence-electron chi connectivity index (χ4n) is 4.41. The molecule has 202 valence electrons. The summed E-state index contributed by atoms with van der Waals surface area (Å²) in [6, 6.07) is 16.6. The first-order valence-corrected chi connectivity index (χ1v) is 13.4. The molecule has 0 unspecified atom stereocenters. The fourth-order valence-corrected chi connectivity index (χ4v) is 4.41. The van der Waals surface area contributed by atoms with Gasteiger partial charge in [-0.15, -0.1) is 0 Å². The average Bonchev–Trinajstić information content (AvgIpc) is 2.92. The lowest BCUT2D eigenvalue weighted by atomic mass is 10.0. The number of rotatable bonds is 12. The number of morpholine rings is 1. The number of carbonyl (C=O) groups is 1. The van der Waals surface area contributed by atoms with Crippen LogP contribution < -0.4 is 14.4 Å². The molecule has 0 aliphatic carbocycles. The van der Waals surface area contributed by atoms with Crippen LogP contribution in [0.15, 0.2) is 54.6 Å². The zero-order chi connectivity index (χ0) is 26.9. The van der Waals surface area contributed by atoms with E-state index in [4.69, 9.17) is 19.2 Å². The van der Waals surface area contributed by atoms with Crippen LogP contribution in [0.2, 0.25) is 0 Å². The second-order valence-electron chi connectivity index (χ2n) is 9.95. The maximum Gasteiger partial charge on any atom is 0.139 e. The Morgan fingerprint density at radius 3 is 2.50 bits per heavy atom. The number of ether oxygens (including phenoxy) is 3. The van der Waals surface area contributed by atoms with Crippen molar-refractivity contribution in [3.05, 3.63) is 71.7 Å². The zero-order valence-corrected chi connectivity index (χ0v) is 22.5. The van der Waals surface area contributed by atoms with Crippen molar-refractivity contribution in [1.82, 2.24) is 4.98 Å². The van der Waals surface area contributed by atoms with Gasteiger partial charge in [-0.25, -0.2) is 9.37 Å². The Bertz CT molecular complexity index is 1210. The van der Waals surface area contributed by atoms with Gasteiger partial charge in [-0.2, -0.15) is 0 Å². The van der Waals surface area contributed by atoms with Crippen molar-refractivity contribution in [2.75, 3.05) is 44.4 Å². The van der Waals surface area contributed by atoms with Crippen molar-refractivity contribution in [2.45, 2.75) is 40.0 Å². The molecular weight excluding hydrogens is 483 g/mol. The molecule has 1 aliphatic rings. The molecule has 1 aromatic heterocycles. The molecule has 1 fully saturated rings. The van der Waals surface area contributed by atoms with Crippen LogP contribution in [0, 0.1) is 11.7 Å². The second kappa shape index (κ2) is 13.4. The molecule has 4 rings (SSSR count). The van der Waals surface area contributed by atoms with Crippen LogP contribution in [0.5, 0.6) is 11.5 Å². The molecule has 0 spiro atoms. The lowest BCUT2D eigenvalue weighted by Gasteiger charge is -2.30. The van der Waals surface area contributed by atoms with Gasteiger partial charge in [0.25, 0.3) is 0 Å². The van der Waals surface area contributed by atoms with Crippen LogP contribution >= 0.6 is 0 Å². The van der Waals surface area contributed by atoms with E-state index in [-0.39, 0.29) is 18.0 Å². The van der Waals surface area contributed by atoms with Crippen LogP contribution in [0.3, 0.4) is 0 Å². The standard InChI is InChI=1S/C31H37FN2O4/c1-4-37-28-10-6-24(7-11-28)30-12-8-26(33-31(30)34-13-15-36-16-14-34)20-27(35)9-5-23-17-25(32)19-29(18-23)38-21-22(2)3/h6-8,10-12,17-19,22H,4-5,9,13-16,20-21H2,1-3H3. The Balaban J connectivity index is 1.46. The molecule has 0 amide bonds. The number of aryl methyl sites for hydroxylation is 1. The summed E-state index contributed by atoms with van der Waals surface area (Å²) in [5.41, 5.74) is 3.54. The highest BCUT2D eigenvalue weighted by Gasteiger charge is 2.19. The van der Waals surface area contributed by atoms with E-state index in [1.54, 1.807) is 0 Å². The molecule has 0 N–H and O–H groups in total. The Morgan fingerprint density at radius 2 is 1.79 bits per heavy atom. The Labute approximate surface area is 224 Å². The highest BCUT2D eigenvalue weighted by Crippen LogP contribution is 2.31. The summed E-state index contributed by atoms with van der Waals surface area (Å²) in [5, 5.41) is 0. The highest BCUT2D eigenvalue weighted by atomic mass is 19.1. The van der Waals surface area contributed by atoms with Crippen molar-refractivity contribution in [2.24, 2.45) is 5.92 Å². The second-order valence-corrected chi connectivity index (χ2v) is 9.95. The van der Waals surface area contributed by atoms with Crippen LogP contribution in [0.4, 0.5) is 10.2 Å². The summed E-state index contributed by atoms with van der Waals surface area (Å²) < 4.78 is 30.9. The average molecular weight is 521 g/mol. The van der Waals surface area contributed by atoms with Crippen molar-refractivity contribution in [3.8, 4) is 22.6 Å². The molecule has 0 bridgehead atoms. The lowest BCUT2D eigenvalue weighted by molar-refractivity contribution is -0.118. The molecule has 7 heteroatoms. The van der Waals surface area contributed by atoms with Gasteiger partial charge in [0.2, 0.25) is 0 Å². The molecular formula is C31H37FN2O4. The maximum absolute atomic E-state index is 14.1. The molecule has 3 aromatic rings. The normalized spacial score (nSPS) is 13.6. The first-order valence-electron chi connectivity index (χ1n) is 13.4. The smallest absolute Gasteiger partial charge is 0.139 e. The predicted octanol–water partition coefficient (Wildman–Crippen LogP) is 5.90. The topological polar surface area (TPSA) is 60.9 Å². The molecule has 38 heavy (non-hydrogen) atoms. The summed E-state index contributed by atoms with van der Waals surface area (Å²) in [6.07, 6.45) is 0.990. The van der Waals surface area contributed by atoms with E-state index < -0.39 is 0 Å². The van der Waals surface area contributed by atoms with E-state index in [1.165, 1.54) is 12.1 Å². The monoisotopic (exact) mass is 520 g/mol. The van der Waals surface area contributed by atoms with E-state index in [9.17, 15) is 9.18 Å². The largest absolute Gasteiger partial charge is 0.494 e. The summed E-state index contributed by atoms with van der Waals surface area (Å²) in [6.45, 7) is 9.97. The number of aromatic nitrogens is 1. The summed E-state index contributed by atoms with van der Waals surface area (Å²) >= 11 is 0. The lowest BCUT2D eigenvalue weighted by Crippen LogP contribution is -2.37. The van der Waals surface area contributed by atoms with E-state index in [0.717, 1.165) is 47.0 Å². The Morgan fingerprint density at radius 1 is 1.03 bits per heavy atom. The number of halogens is 1. The SMILES string of the molecule is CCOc1ccc(-c2ccc(CC(=O)CCc3cc(F)cc(OCC(C)C)c3)nc2N2CCOCC2)cc1. The molecule has 1 aliphatic heterocycles. The van der Waals surface area contributed by atoms with E-state index in [2.05, 4.69) is 4.90 Å². The summed E-state index contributed by atoms with van der Waals surface area (Å²) in [5.74, 6) is 2.25. The molecule has 6 nitrogen and oxygen atoms in total. The van der Waals surface area contributed by atoms with E-state index >= 15 is 0 Å². The van der Waals surface area contributed by atoms with Crippen LogP contribution in [-0.2, 0) is 22.4 Å². The number of anilines is 1. The van der Waals surface area contributed by atoms with Gasteiger partial charge in [-0.1, -0.05) is 26.0 Å². The van der Waals surface area contributed by atoms with Gasteiger partial charge in [-0.05, 0) is 66.8 Å². The van der Waals surface area contributed by atoms with Gasteiger partial charge in [-0.3, -0.25) is 4.79 Å². The third kappa shape index (κ3) is 7.78. The number of Topliss-reactive ketones (excluding diaryl/α,β-unsaturated/α-hetero) is 1. The zero-order valence-electron chi connectivity index (χ0n) is 22.5. The van der Waals surface area contributed by atoms with Crippen LogP contribution in [-0.4, -0.2) is 50.3 Å². The van der Waals surface area contributed by atoms with E-state index in [0.29, 0.717) is 50.9 Å². The number of hydrogen-bond donors (Lipinski definition) is 0. The minimum absolute atomic E-state index is 0.0631. The van der Waals surface area contributed by atoms with Crippen LogP contribution in [0.25, 0.3) is 11.1 Å². The molecule has 2 heterocycles. The van der Waals surface area contributed by atoms with Crippen LogP contribution in [0.1, 0.15) is 38.4 Å². The number of ketones is 1. The maximum atomic E-state index is 14.1. The van der Waals surface area contributed by atoms with Gasteiger partial charge in [0, 0.05) is 37.6 Å². The molecule has 1 saturated heterocycles. The van der Waals surface area contributed by atoms with Crippen molar-refractivity contribution < 1.29 is 23.4 Å². The van der Waals surface area contributed by atoms with Crippen molar-refractivity contribution in [1.29, 1.82) is 0 Å². The van der Waals surface area contributed by atoms with Gasteiger partial charge < -0.3 is 19.1 Å². The van der Waals surface area contributed by atoms with Gasteiger partial charge >= 0.3 is 0 Å². The summed E-state index contributed by atoms with van der Waals surface area (Å²) in [4.78, 5) is 20.1.